The van der Waals surface area contributed by atoms with Gasteiger partial charge in [0.05, 0.1) is 6.61 Å². The van der Waals surface area contributed by atoms with Crippen LogP contribution in [0.1, 0.15) is 84.1 Å². The van der Waals surface area contributed by atoms with Crippen molar-refractivity contribution in [3.63, 3.8) is 0 Å². The fourth-order valence-electron chi connectivity index (χ4n) is 9.90. The molecular weight excluding hydrogens is 1030 g/mol. The fraction of sp³-hybridized carbons (Fsp3) is 0.226. The van der Waals surface area contributed by atoms with Crippen molar-refractivity contribution >= 4 is 32.8 Å². The molecule has 6 nitrogen and oxygen atoms in total. The molecule has 348 valence electrons. The van der Waals surface area contributed by atoms with E-state index in [1.165, 1.54) is 27.8 Å². The summed E-state index contributed by atoms with van der Waals surface area (Å²) in [6.45, 7) is 21.2. The van der Waals surface area contributed by atoms with Crippen LogP contribution in [0.5, 0.6) is 17.2 Å². The van der Waals surface area contributed by atoms with Crippen LogP contribution in [0, 0.1) is 22.9 Å². The van der Waals surface area contributed by atoms with E-state index in [9.17, 15) is 0 Å². The molecule has 0 amide bonds. The Bertz CT molecular complexity index is 3680. The molecule has 1 aliphatic heterocycles. The molecule has 0 fully saturated rings. The average molecular weight is 1080 g/mol. The topological polar surface area (TPSA) is 46.1 Å². The third-order valence-electron chi connectivity index (χ3n) is 13.8. The van der Waals surface area contributed by atoms with Crippen molar-refractivity contribution in [3.05, 3.63) is 190 Å². The predicted octanol–water partition coefficient (Wildman–Crippen LogP) is 15.7. The van der Waals surface area contributed by atoms with Crippen LogP contribution < -0.4 is 9.47 Å². The van der Waals surface area contributed by atoms with Crippen LogP contribution >= 0.6 is 0 Å². The number of rotatable bonds is 7. The first kappa shape index (κ1) is 44.7. The van der Waals surface area contributed by atoms with Gasteiger partial charge in [-0.2, -0.15) is 0 Å². The fourth-order valence-corrected chi connectivity index (χ4v) is 11.0. The van der Waals surface area contributed by atoms with Gasteiger partial charge in [0.1, 0.15) is 5.75 Å². The zero-order valence-electron chi connectivity index (χ0n) is 40.8. The molecule has 0 unspecified atom stereocenters. The van der Waals surface area contributed by atoms with Gasteiger partial charge in [-0.05, 0) is 36.0 Å². The summed E-state index contributed by atoms with van der Waals surface area (Å²) in [6, 6.07) is 59.7. The zero-order chi connectivity index (χ0) is 48.0. The van der Waals surface area contributed by atoms with E-state index in [0.29, 0.717) is 18.1 Å². The van der Waals surface area contributed by atoms with Crippen molar-refractivity contribution in [1.29, 1.82) is 0 Å². The van der Waals surface area contributed by atoms with Gasteiger partial charge >= 0.3 is 346 Å². The summed E-state index contributed by atoms with van der Waals surface area (Å²) in [6.07, 6.45) is 2.83. The first-order valence-corrected chi connectivity index (χ1v) is 25.0. The Hall–Kier alpha value is -6.75. The second-order valence-corrected chi connectivity index (χ2v) is 22.2. The van der Waals surface area contributed by atoms with Gasteiger partial charge in [-0.15, -0.1) is 0 Å². The molecule has 0 N–H and O–H groups in total. The number of aromatic nitrogens is 4. The number of fused-ring (bicyclic) bond motifs is 5. The summed E-state index contributed by atoms with van der Waals surface area (Å²) in [5.41, 5.74) is 15.6. The molecule has 0 saturated heterocycles. The van der Waals surface area contributed by atoms with Crippen LogP contribution in [0.15, 0.2) is 152 Å². The summed E-state index contributed by atoms with van der Waals surface area (Å²) in [5.74, 6) is 2.92. The minimum absolute atomic E-state index is 0.00462. The van der Waals surface area contributed by atoms with E-state index >= 15 is 0 Å². The average Bonchev–Trinajstić information content (AvgIpc) is 3.80. The molecule has 0 bridgehead atoms. The van der Waals surface area contributed by atoms with E-state index in [2.05, 4.69) is 229 Å². The van der Waals surface area contributed by atoms with Gasteiger partial charge in [-0.25, -0.2) is 0 Å². The second kappa shape index (κ2) is 16.7. The Labute approximate surface area is 416 Å². The van der Waals surface area contributed by atoms with Gasteiger partial charge in [-0.3, -0.25) is 0 Å². The van der Waals surface area contributed by atoms with Crippen LogP contribution in [0.4, 0.5) is 0 Å². The molecule has 0 spiro atoms. The first-order valence-electron chi connectivity index (χ1n) is 23.9. The minimum atomic E-state index is -0.0413. The van der Waals surface area contributed by atoms with Crippen LogP contribution in [0.2, 0.25) is 0 Å². The third-order valence-corrected chi connectivity index (χ3v) is 14.8. The second-order valence-electron chi connectivity index (χ2n) is 21.2. The van der Waals surface area contributed by atoms with Crippen LogP contribution in [0.3, 0.4) is 0 Å². The number of para-hydroxylation sites is 3. The van der Waals surface area contributed by atoms with E-state index in [-0.39, 0.29) is 16.2 Å². The number of hydrogen-bond donors (Lipinski definition) is 0. The Morgan fingerprint density at radius 3 is 2.00 bits per heavy atom. The molecule has 69 heavy (non-hydrogen) atoms. The molecule has 0 radical (unpaired) electrons. The molecule has 0 aliphatic carbocycles. The Kier molecular flexibility index (Phi) is 10.9. The van der Waals surface area contributed by atoms with Crippen molar-refractivity contribution in [1.82, 2.24) is 18.7 Å². The van der Waals surface area contributed by atoms with Gasteiger partial charge in [0.15, 0.2) is 0 Å². The molecular formula is C62H56N4O2Pt-2. The van der Waals surface area contributed by atoms with Crippen molar-refractivity contribution in [3.8, 4) is 56.7 Å². The van der Waals surface area contributed by atoms with Gasteiger partial charge in [0.25, 0.3) is 0 Å². The summed E-state index contributed by atoms with van der Waals surface area (Å²) in [5, 5.41) is 2.22. The molecule has 7 heteroatoms. The van der Waals surface area contributed by atoms with E-state index in [1.54, 1.807) is 0 Å². The quantitative estimate of drug-likeness (QED) is 0.149. The Morgan fingerprint density at radius 1 is 0.623 bits per heavy atom. The number of ether oxygens (including phenoxy) is 2. The molecule has 4 heterocycles. The van der Waals surface area contributed by atoms with Gasteiger partial charge in [0.2, 0.25) is 0 Å². The van der Waals surface area contributed by atoms with Crippen molar-refractivity contribution in [2.24, 2.45) is 0 Å². The zero-order valence-corrected chi connectivity index (χ0v) is 43.0. The Morgan fingerprint density at radius 2 is 1.29 bits per heavy atom. The predicted molar refractivity (Wildman–Crippen MR) is 278 cm³/mol. The van der Waals surface area contributed by atoms with Gasteiger partial charge in [-0.1, -0.05) is 13.8 Å². The first-order chi connectivity index (χ1) is 33.0. The standard InChI is InChI=1S/C62H56N4O2.Pt/c1-40-27-29-63-58(31-40)66-55-36-47(25-26-50(55)51-37-52-57(38-56(51)66)67-30-28-62(52,8)9)68-46-20-15-19-45(35-46)64-39-65(54-24-14-13-23-53(54)64)59-48(41-17-11-10-12-18-41)21-16-22-49(59)42-32-43(60(2,3)4)34-44(33-42)61(5,6)7;/h10-27,29,31-34,37-38H,28,30H2,1-9H3;/q-2;. The van der Waals surface area contributed by atoms with Crippen LogP contribution in [-0.2, 0) is 35.6 Å². The molecule has 0 saturated carbocycles. The summed E-state index contributed by atoms with van der Waals surface area (Å²) < 4.78 is 21.0. The van der Waals surface area contributed by atoms with Gasteiger partial charge < -0.3 is 4.74 Å². The van der Waals surface area contributed by atoms with Crippen LogP contribution in [-0.4, -0.2) is 25.3 Å². The number of hydrogen-bond acceptors (Lipinski definition) is 3. The van der Waals surface area contributed by atoms with E-state index < -0.39 is 0 Å². The number of aryl methyl sites for hydroxylation is 1. The molecule has 10 aromatic rings. The van der Waals surface area contributed by atoms with E-state index in [1.807, 2.05) is 30.5 Å². The normalized spacial score (nSPS) is 13.8. The van der Waals surface area contributed by atoms with Crippen molar-refractivity contribution in [2.45, 2.75) is 85.0 Å². The van der Waals surface area contributed by atoms with E-state index in [4.69, 9.17) is 14.5 Å². The molecule has 7 aromatic carbocycles. The smallest absolute Gasteiger partial charge is 0.493 e. The Balaban J connectivity index is 1.07. The molecule has 11 rings (SSSR count). The molecule has 3 aromatic heterocycles. The number of pyridine rings is 1. The monoisotopic (exact) mass is 1080 g/mol. The summed E-state index contributed by atoms with van der Waals surface area (Å²) >= 11 is 2.51. The maximum atomic E-state index is 6.77. The van der Waals surface area contributed by atoms with Crippen molar-refractivity contribution in [2.75, 3.05) is 6.61 Å². The van der Waals surface area contributed by atoms with Gasteiger partial charge in [0, 0.05) is 6.20 Å². The molecule has 0 atom stereocenters. The van der Waals surface area contributed by atoms with Crippen molar-refractivity contribution < 1.29 is 28.8 Å². The van der Waals surface area contributed by atoms with E-state index in [0.717, 1.165) is 82.7 Å². The molecule has 1 aliphatic rings. The summed E-state index contributed by atoms with van der Waals surface area (Å²) in [7, 11) is 0. The number of imidazole rings is 1. The SMILES string of the molecule is Cc1ccnc(-n2c3[c-]c(Oc4[c-]c(-n5[c](=[Pt])n(-c6c(-c7ccccc7)cccc6-c6cc(C(C)(C)C)cc(C(C)(C)C)c6)c6ccccc65)ccc4)ccc3c3cc4c(cc32)OCCC4(C)C)c1. The third kappa shape index (κ3) is 7.97. The van der Waals surface area contributed by atoms with Crippen LogP contribution in [0.25, 0.3) is 72.3 Å². The maximum absolute atomic E-state index is 6.77. The number of nitrogens with zero attached hydrogens (tertiary/aromatic N) is 4. The number of benzene rings is 7. The minimum Gasteiger partial charge on any atom is -0.493 e. The summed E-state index contributed by atoms with van der Waals surface area (Å²) in [4.78, 5) is 4.86.